The molecule has 11 heteroatoms. The van der Waals surface area contributed by atoms with Gasteiger partial charge in [0.1, 0.15) is 6.54 Å². The highest BCUT2D eigenvalue weighted by atomic mass is 32.2. The molecule has 10 nitrogen and oxygen atoms in total. The molecule has 142 valence electrons. The van der Waals surface area contributed by atoms with Gasteiger partial charge in [-0.1, -0.05) is 6.07 Å². The molecule has 2 aliphatic rings. The Morgan fingerprint density at radius 1 is 1.33 bits per heavy atom. The van der Waals surface area contributed by atoms with Crippen molar-refractivity contribution in [2.45, 2.75) is 0 Å². The van der Waals surface area contributed by atoms with Gasteiger partial charge in [-0.3, -0.25) is 29.4 Å². The molecule has 0 unspecified atom stereocenters. The Balaban J connectivity index is 1.75. The minimum atomic E-state index is -0.751. The van der Waals surface area contributed by atoms with Crippen LogP contribution in [0.1, 0.15) is 5.56 Å². The average Bonchev–Trinajstić information content (AvgIpc) is 2.91. The summed E-state index contributed by atoms with van der Waals surface area (Å²) < 4.78 is 5.16. The van der Waals surface area contributed by atoms with Crippen LogP contribution in [-0.4, -0.2) is 69.7 Å². The van der Waals surface area contributed by atoms with Crippen molar-refractivity contribution in [1.29, 1.82) is 0 Å². The molecule has 0 atom stereocenters. The van der Waals surface area contributed by atoms with Gasteiger partial charge in [0, 0.05) is 19.2 Å². The number of carbonyl (C=O) groups is 3. The van der Waals surface area contributed by atoms with E-state index in [9.17, 15) is 29.6 Å². The smallest absolute Gasteiger partial charge is 0.311 e. The fourth-order valence-corrected chi connectivity index (χ4v) is 3.45. The summed E-state index contributed by atoms with van der Waals surface area (Å²) in [5.74, 6) is -1.48. The van der Waals surface area contributed by atoms with Crippen LogP contribution >= 0.6 is 11.8 Å². The van der Waals surface area contributed by atoms with Crippen molar-refractivity contribution in [2.75, 3.05) is 32.8 Å². The number of nitro benzene ring substituents is 1. The Morgan fingerprint density at radius 2 is 2.04 bits per heavy atom. The highest BCUT2D eigenvalue weighted by Crippen LogP contribution is 2.34. The highest BCUT2D eigenvalue weighted by molar-refractivity contribution is 8.18. The normalized spacial score (nSPS) is 19.0. The van der Waals surface area contributed by atoms with Gasteiger partial charge in [-0.15, -0.1) is 0 Å². The van der Waals surface area contributed by atoms with E-state index in [1.807, 2.05) is 0 Å². The number of phenols is 1. The molecule has 3 amide bonds. The molecule has 0 bridgehead atoms. The van der Waals surface area contributed by atoms with Gasteiger partial charge < -0.3 is 14.7 Å². The van der Waals surface area contributed by atoms with E-state index >= 15 is 0 Å². The second kappa shape index (κ2) is 7.76. The number of carbonyl (C=O) groups excluding carboxylic acids is 3. The third-order valence-electron chi connectivity index (χ3n) is 4.02. The van der Waals surface area contributed by atoms with Crippen LogP contribution in [-0.2, 0) is 14.3 Å². The molecule has 0 spiro atoms. The maximum Gasteiger partial charge on any atom is 0.311 e. The summed E-state index contributed by atoms with van der Waals surface area (Å²) in [4.78, 5) is 49.4. The number of hydrogen-bond acceptors (Lipinski definition) is 8. The average molecular weight is 393 g/mol. The lowest BCUT2D eigenvalue weighted by Crippen LogP contribution is -2.46. The lowest BCUT2D eigenvalue weighted by Gasteiger charge is -2.28. The first-order valence-corrected chi connectivity index (χ1v) is 8.77. The zero-order valence-corrected chi connectivity index (χ0v) is 14.8. The maximum absolute atomic E-state index is 12.5. The number of aromatic hydroxyl groups is 1. The first-order chi connectivity index (χ1) is 12.9. The van der Waals surface area contributed by atoms with Gasteiger partial charge in [-0.2, -0.15) is 0 Å². The largest absolute Gasteiger partial charge is 0.502 e. The summed E-state index contributed by atoms with van der Waals surface area (Å²) in [5.41, 5.74) is -0.227. The standard InChI is InChI=1S/C16H15N3O7S/c20-12-2-1-10(7-11(12)19(24)25)8-13-15(22)18(16(23)27-13)9-14(21)17-3-5-26-6-4-17/h1-2,7-8,20H,3-6,9H2/b13-8+. The molecule has 0 saturated carbocycles. The minimum Gasteiger partial charge on any atom is -0.502 e. The summed E-state index contributed by atoms with van der Waals surface area (Å²) >= 11 is 0.654. The van der Waals surface area contributed by atoms with Crippen molar-refractivity contribution in [3.63, 3.8) is 0 Å². The van der Waals surface area contributed by atoms with E-state index in [1.54, 1.807) is 0 Å². The Morgan fingerprint density at radius 3 is 2.70 bits per heavy atom. The monoisotopic (exact) mass is 393 g/mol. The predicted molar refractivity (Wildman–Crippen MR) is 94.8 cm³/mol. The van der Waals surface area contributed by atoms with Gasteiger partial charge in [0.05, 0.1) is 23.0 Å². The van der Waals surface area contributed by atoms with Crippen molar-refractivity contribution in [3.05, 3.63) is 38.8 Å². The Labute approximate surface area is 157 Å². The van der Waals surface area contributed by atoms with Crippen LogP contribution in [0.5, 0.6) is 5.75 Å². The van der Waals surface area contributed by atoms with Crippen molar-refractivity contribution in [1.82, 2.24) is 9.80 Å². The number of morpholine rings is 1. The van der Waals surface area contributed by atoms with Crippen LogP contribution in [0.2, 0.25) is 0 Å². The van der Waals surface area contributed by atoms with Crippen molar-refractivity contribution in [3.8, 4) is 5.75 Å². The lowest BCUT2D eigenvalue weighted by atomic mass is 10.1. The quantitative estimate of drug-likeness (QED) is 0.459. The Kier molecular flexibility index (Phi) is 5.42. The highest BCUT2D eigenvalue weighted by Gasteiger charge is 2.37. The van der Waals surface area contributed by atoms with Crippen molar-refractivity contribution < 1.29 is 29.2 Å². The Hall–Kier alpha value is -2.92. The van der Waals surface area contributed by atoms with Gasteiger partial charge in [0.25, 0.3) is 11.1 Å². The van der Waals surface area contributed by atoms with Crippen LogP contribution in [0.3, 0.4) is 0 Å². The molecule has 2 fully saturated rings. The number of ether oxygens (including phenoxy) is 1. The number of nitro groups is 1. The fourth-order valence-electron chi connectivity index (χ4n) is 2.61. The van der Waals surface area contributed by atoms with Gasteiger partial charge in [-0.05, 0) is 29.5 Å². The summed E-state index contributed by atoms with van der Waals surface area (Å²) in [6.07, 6.45) is 1.32. The molecule has 3 rings (SSSR count). The minimum absolute atomic E-state index is 0.0507. The van der Waals surface area contributed by atoms with E-state index in [-0.39, 0.29) is 22.9 Å². The number of benzene rings is 1. The molecule has 0 aliphatic carbocycles. The van der Waals surface area contributed by atoms with E-state index in [1.165, 1.54) is 17.0 Å². The molecule has 1 aromatic carbocycles. The number of nitrogens with zero attached hydrogens (tertiary/aromatic N) is 3. The Bertz CT molecular complexity index is 848. The number of amides is 3. The fraction of sp³-hybridized carbons (Fsp3) is 0.312. The van der Waals surface area contributed by atoms with E-state index in [2.05, 4.69) is 0 Å². The summed E-state index contributed by atoms with van der Waals surface area (Å²) in [5, 5.41) is 19.8. The topological polar surface area (TPSA) is 130 Å². The van der Waals surface area contributed by atoms with Crippen LogP contribution < -0.4 is 0 Å². The zero-order valence-electron chi connectivity index (χ0n) is 14.0. The molecule has 27 heavy (non-hydrogen) atoms. The maximum atomic E-state index is 12.5. The van der Waals surface area contributed by atoms with Crippen LogP contribution in [0.15, 0.2) is 23.1 Å². The number of hydrogen-bond donors (Lipinski definition) is 1. The predicted octanol–water partition coefficient (Wildman–Crippen LogP) is 1.20. The lowest BCUT2D eigenvalue weighted by molar-refractivity contribution is -0.385. The van der Waals surface area contributed by atoms with E-state index in [0.29, 0.717) is 38.1 Å². The van der Waals surface area contributed by atoms with Crippen LogP contribution in [0.4, 0.5) is 10.5 Å². The van der Waals surface area contributed by atoms with E-state index in [4.69, 9.17) is 4.74 Å². The van der Waals surface area contributed by atoms with E-state index < -0.39 is 27.5 Å². The summed E-state index contributed by atoms with van der Waals surface area (Å²) in [6.45, 7) is 1.27. The molecule has 0 radical (unpaired) electrons. The number of thioether (sulfide) groups is 1. The first kappa shape index (κ1) is 18.9. The van der Waals surface area contributed by atoms with Gasteiger partial charge in [-0.25, -0.2) is 0 Å². The second-order valence-corrected chi connectivity index (χ2v) is 6.76. The number of rotatable bonds is 4. The number of phenolic OH excluding ortho intramolecular Hbond substituents is 1. The molecule has 1 aromatic rings. The molecule has 1 N–H and O–H groups in total. The first-order valence-electron chi connectivity index (χ1n) is 7.95. The van der Waals surface area contributed by atoms with Crippen LogP contribution in [0.25, 0.3) is 6.08 Å². The van der Waals surface area contributed by atoms with E-state index in [0.717, 1.165) is 17.0 Å². The second-order valence-electron chi connectivity index (χ2n) is 5.77. The number of imide groups is 1. The van der Waals surface area contributed by atoms with Crippen LogP contribution in [0, 0.1) is 10.1 Å². The van der Waals surface area contributed by atoms with Gasteiger partial charge in [0.15, 0.2) is 5.75 Å². The third-order valence-corrected chi connectivity index (χ3v) is 4.93. The molecule has 0 aromatic heterocycles. The van der Waals surface area contributed by atoms with Gasteiger partial charge >= 0.3 is 5.69 Å². The molecule has 2 saturated heterocycles. The van der Waals surface area contributed by atoms with Crippen molar-refractivity contribution >= 4 is 40.6 Å². The SMILES string of the molecule is O=C(CN1C(=O)S/C(=C/c2ccc(O)c([N+](=O)[O-])c2)C1=O)N1CCOCC1. The summed E-state index contributed by atoms with van der Waals surface area (Å²) in [6, 6.07) is 3.62. The molecule has 2 heterocycles. The van der Waals surface area contributed by atoms with Gasteiger partial charge in [0.2, 0.25) is 5.91 Å². The summed E-state index contributed by atoms with van der Waals surface area (Å²) in [7, 11) is 0. The van der Waals surface area contributed by atoms with Crippen molar-refractivity contribution in [2.24, 2.45) is 0 Å². The third kappa shape index (κ3) is 4.09. The zero-order chi connectivity index (χ0) is 19.6. The molecule has 2 aliphatic heterocycles. The molecular weight excluding hydrogens is 378 g/mol. The molecular formula is C16H15N3O7S.